The fraction of sp³-hybridized carbons (Fsp3) is 0.250. The zero-order valence-electron chi connectivity index (χ0n) is 18.1. The number of rotatable bonds is 9. The number of amides is 3. The second-order valence-corrected chi connectivity index (χ2v) is 8.19. The first-order valence-corrected chi connectivity index (χ1v) is 11.2. The Balaban J connectivity index is 1.75. The Labute approximate surface area is 201 Å². The summed E-state index contributed by atoms with van der Waals surface area (Å²) in [6.45, 7) is 2.57. The van der Waals surface area contributed by atoms with Gasteiger partial charge in [-0.05, 0) is 48.4 Å². The molecule has 0 saturated heterocycles. The average molecular weight is 492 g/mol. The minimum Gasteiger partial charge on any atom is -0.467 e. The van der Waals surface area contributed by atoms with Crippen molar-refractivity contribution in [2.75, 3.05) is 18.4 Å². The van der Waals surface area contributed by atoms with Gasteiger partial charge in [0.25, 0.3) is 0 Å². The van der Waals surface area contributed by atoms with E-state index in [0.29, 0.717) is 29.4 Å². The molecule has 1 N–H and O–H groups in total. The van der Waals surface area contributed by atoms with Crippen molar-refractivity contribution in [1.29, 1.82) is 0 Å². The van der Waals surface area contributed by atoms with Gasteiger partial charge in [0.1, 0.15) is 18.1 Å². The molecule has 6 nitrogen and oxygen atoms in total. The average Bonchev–Trinajstić information content (AvgIpc) is 3.30. The van der Waals surface area contributed by atoms with Crippen LogP contribution in [0, 0.1) is 5.82 Å². The molecule has 0 bridgehead atoms. The van der Waals surface area contributed by atoms with E-state index in [0.717, 1.165) is 5.56 Å². The monoisotopic (exact) mass is 491 g/mol. The van der Waals surface area contributed by atoms with E-state index < -0.39 is 6.03 Å². The largest absolute Gasteiger partial charge is 0.467 e. The third kappa shape index (κ3) is 6.97. The maximum Gasteiger partial charge on any atom is 0.322 e. The van der Waals surface area contributed by atoms with Gasteiger partial charge in [-0.3, -0.25) is 4.79 Å². The predicted octanol–water partition coefficient (Wildman–Crippen LogP) is 6.20. The predicted molar refractivity (Wildman–Crippen MR) is 127 cm³/mol. The lowest BCUT2D eigenvalue weighted by molar-refractivity contribution is -0.133. The van der Waals surface area contributed by atoms with Crippen LogP contribution < -0.4 is 5.32 Å². The van der Waals surface area contributed by atoms with E-state index in [9.17, 15) is 14.0 Å². The number of carbonyl (C=O) groups excluding carboxylic acids is 2. The Kier molecular flexibility index (Phi) is 8.74. The van der Waals surface area contributed by atoms with Crippen LogP contribution in [0.1, 0.15) is 24.7 Å². The molecule has 0 aliphatic heterocycles. The summed E-state index contributed by atoms with van der Waals surface area (Å²) in [6.07, 6.45) is 2.18. The number of carbonyl (C=O) groups is 2. The van der Waals surface area contributed by atoms with Gasteiger partial charge < -0.3 is 19.5 Å². The van der Waals surface area contributed by atoms with Gasteiger partial charge in [-0.25, -0.2) is 9.18 Å². The number of urea groups is 1. The summed E-state index contributed by atoms with van der Waals surface area (Å²) in [4.78, 5) is 29.1. The number of halogens is 3. The van der Waals surface area contributed by atoms with Gasteiger partial charge in [0, 0.05) is 13.1 Å². The topological polar surface area (TPSA) is 65.8 Å². The van der Waals surface area contributed by atoms with E-state index in [-0.39, 0.29) is 36.4 Å². The van der Waals surface area contributed by atoms with Crippen LogP contribution in [-0.4, -0.2) is 34.8 Å². The summed E-state index contributed by atoms with van der Waals surface area (Å²) < 4.78 is 18.7. The molecular formula is C24H24Cl2FN3O3. The maximum absolute atomic E-state index is 13.3. The van der Waals surface area contributed by atoms with Crippen molar-refractivity contribution >= 4 is 40.8 Å². The van der Waals surface area contributed by atoms with Crippen LogP contribution >= 0.6 is 23.2 Å². The molecule has 0 fully saturated rings. The molecule has 33 heavy (non-hydrogen) atoms. The van der Waals surface area contributed by atoms with E-state index in [4.69, 9.17) is 27.6 Å². The third-order valence-corrected chi connectivity index (χ3v) is 5.69. The van der Waals surface area contributed by atoms with Gasteiger partial charge >= 0.3 is 6.03 Å². The van der Waals surface area contributed by atoms with Crippen molar-refractivity contribution in [3.63, 3.8) is 0 Å². The lowest BCUT2D eigenvalue weighted by Gasteiger charge is -2.27. The fourth-order valence-corrected chi connectivity index (χ4v) is 3.56. The zero-order chi connectivity index (χ0) is 23.8. The van der Waals surface area contributed by atoms with E-state index >= 15 is 0 Å². The Morgan fingerprint density at radius 1 is 1.00 bits per heavy atom. The Morgan fingerprint density at radius 3 is 2.42 bits per heavy atom. The number of nitrogens with zero attached hydrogens (tertiary/aromatic N) is 2. The van der Waals surface area contributed by atoms with E-state index in [1.807, 2.05) is 6.92 Å². The number of furan rings is 1. The lowest BCUT2D eigenvalue weighted by Crippen LogP contribution is -2.44. The summed E-state index contributed by atoms with van der Waals surface area (Å²) in [5.41, 5.74) is 1.12. The Bertz CT molecular complexity index is 1080. The van der Waals surface area contributed by atoms with Crippen molar-refractivity contribution in [3.8, 4) is 0 Å². The van der Waals surface area contributed by atoms with Crippen LogP contribution in [0.2, 0.25) is 10.0 Å². The van der Waals surface area contributed by atoms with Gasteiger partial charge in [-0.15, -0.1) is 0 Å². The summed E-state index contributed by atoms with van der Waals surface area (Å²) >= 11 is 12.2. The molecule has 0 spiro atoms. The van der Waals surface area contributed by atoms with Crippen LogP contribution in [0.15, 0.2) is 65.3 Å². The number of benzene rings is 2. The minimum atomic E-state index is -0.464. The molecule has 0 atom stereocenters. The Morgan fingerprint density at radius 2 is 1.76 bits per heavy atom. The van der Waals surface area contributed by atoms with Crippen LogP contribution in [0.4, 0.5) is 14.9 Å². The first kappa shape index (κ1) is 24.6. The van der Waals surface area contributed by atoms with Gasteiger partial charge in [-0.2, -0.15) is 0 Å². The highest BCUT2D eigenvalue weighted by Crippen LogP contribution is 2.29. The fourth-order valence-electron chi connectivity index (χ4n) is 3.21. The molecule has 3 rings (SSSR count). The second-order valence-electron chi connectivity index (χ2n) is 7.41. The maximum atomic E-state index is 13.3. The minimum absolute atomic E-state index is 0.153. The van der Waals surface area contributed by atoms with Gasteiger partial charge in [-0.1, -0.05) is 48.3 Å². The van der Waals surface area contributed by atoms with E-state index in [2.05, 4.69) is 5.32 Å². The highest BCUT2D eigenvalue weighted by atomic mass is 35.5. The highest BCUT2D eigenvalue weighted by Gasteiger charge is 2.23. The molecule has 0 saturated carbocycles. The standard InChI is InChI=1S/C24H24Cl2FN3O3/c1-2-12-29(24(32)28-21-7-3-6-20(25)23(21)26)16-22(31)30(15-19-5-4-13-33-19)14-17-8-10-18(27)11-9-17/h3-11,13H,2,12,14-16H2,1H3,(H,28,32). The number of anilines is 1. The molecule has 2 aromatic carbocycles. The summed E-state index contributed by atoms with van der Waals surface area (Å²) in [7, 11) is 0. The van der Waals surface area contributed by atoms with Crippen molar-refractivity contribution in [2.45, 2.75) is 26.4 Å². The van der Waals surface area contributed by atoms with Crippen molar-refractivity contribution in [2.24, 2.45) is 0 Å². The molecule has 0 aliphatic rings. The molecule has 9 heteroatoms. The lowest BCUT2D eigenvalue weighted by atomic mass is 10.2. The zero-order valence-corrected chi connectivity index (χ0v) is 19.6. The van der Waals surface area contributed by atoms with E-state index in [1.54, 1.807) is 47.4 Å². The van der Waals surface area contributed by atoms with Crippen LogP contribution in [0.3, 0.4) is 0 Å². The van der Waals surface area contributed by atoms with Crippen LogP contribution in [-0.2, 0) is 17.9 Å². The number of nitrogens with one attached hydrogen (secondary N) is 1. The second kappa shape index (κ2) is 11.7. The number of hydrogen-bond acceptors (Lipinski definition) is 3. The molecule has 0 aliphatic carbocycles. The van der Waals surface area contributed by atoms with Gasteiger partial charge in [0.2, 0.25) is 5.91 Å². The Hall–Kier alpha value is -3.03. The molecule has 3 aromatic rings. The van der Waals surface area contributed by atoms with Gasteiger partial charge in [0.15, 0.2) is 0 Å². The quantitative estimate of drug-likeness (QED) is 0.387. The van der Waals surface area contributed by atoms with Crippen molar-refractivity contribution < 1.29 is 18.4 Å². The SMILES string of the molecule is CCCN(CC(=O)N(Cc1ccc(F)cc1)Cc1ccco1)C(=O)Nc1cccc(Cl)c1Cl. The molecule has 174 valence electrons. The third-order valence-electron chi connectivity index (χ3n) is 4.87. The summed E-state index contributed by atoms with van der Waals surface area (Å²) in [5, 5.41) is 3.27. The molecular weight excluding hydrogens is 468 g/mol. The first-order valence-electron chi connectivity index (χ1n) is 10.4. The number of hydrogen-bond donors (Lipinski definition) is 1. The smallest absolute Gasteiger partial charge is 0.322 e. The normalized spacial score (nSPS) is 10.7. The summed E-state index contributed by atoms with van der Waals surface area (Å²) in [5.74, 6) is -0.0349. The van der Waals surface area contributed by atoms with E-state index in [1.165, 1.54) is 23.3 Å². The van der Waals surface area contributed by atoms with Crippen LogP contribution in [0.5, 0.6) is 0 Å². The molecule has 0 unspecified atom stereocenters. The molecule has 3 amide bonds. The highest BCUT2D eigenvalue weighted by molar-refractivity contribution is 6.43. The van der Waals surface area contributed by atoms with Crippen molar-refractivity contribution in [1.82, 2.24) is 9.80 Å². The molecule has 1 heterocycles. The van der Waals surface area contributed by atoms with Gasteiger partial charge in [0.05, 0.1) is 28.5 Å². The molecule has 0 radical (unpaired) electrons. The summed E-state index contributed by atoms with van der Waals surface area (Å²) in [6, 6.07) is 13.9. The van der Waals surface area contributed by atoms with Crippen molar-refractivity contribution in [3.05, 3.63) is 88.0 Å². The molecule has 1 aromatic heterocycles. The van der Waals surface area contributed by atoms with Crippen LogP contribution in [0.25, 0.3) is 0 Å². The first-order chi connectivity index (χ1) is 15.9.